The van der Waals surface area contributed by atoms with Crippen molar-refractivity contribution < 1.29 is 0 Å². The Hall–Kier alpha value is -5.18. The lowest BCUT2D eigenvalue weighted by Gasteiger charge is -2.26. The fourth-order valence-corrected chi connectivity index (χ4v) is 7.88. The lowest BCUT2D eigenvalue weighted by Crippen LogP contribution is -2.09. The van der Waals surface area contributed by atoms with Gasteiger partial charge in [0.25, 0.3) is 0 Å². The average molecular weight is 552 g/mol. The first-order valence-corrected chi connectivity index (χ1v) is 15.2. The topological polar surface area (TPSA) is 3.24 Å². The number of para-hydroxylation sites is 2. The molecule has 42 heavy (non-hydrogen) atoms. The summed E-state index contributed by atoms with van der Waals surface area (Å²) in [5.41, 5.74) is 11.1. The van der Waals surface area contributed by atoms with Crippen LogP contribution in [0.5, 0.6) is 0 Å². The third-order valence-electron chi connectivity index (χ3n) is 8.57. The molecule has 8 aromatic rings. The van der Waals surface area contributed by atoms with Crippen molar-refractivity contribution in [2.45, 2.75) is 0 Å². The third-order valence-corrected chi connectivity index (χ3v) is 9.69. The molecule has 0 N–H and O–H groups in total. The molecule has 1 aromatic heterocycles. The lowest BCUT2D eigenvalue weighted by molar-refractivity contribution is 1.28. The molecule has 0 unspecified atom stereocenters. The van der Waals surface area contributed by atoms with Crippen molar-refractivity contribution in [3.05, 3.63) is 152 Å². The van der Waals surface area contributed by atoms with E-state index >= 15 is 0 Å². The first-order chi connectivity index (χ1) is 20.8. The molecule has 0 atom stereocenters. The smallest absolute Gasteiger partial charge is 0.0467 e. The summed E-state index contributed by atoms with van der Waals surface area (Å²) in [6.45, 7) is 0. The number of hydrogen-bond donors (Lipinski definition) is 0. The second kappa shape index (κ2) is 9.17. The van der Waals surface area contributed by atoms with Crippen molar-refractivity contribution >= 4 is 59.3 Å². The van der Waals surface area contributed by atoms with Gasteiger partial charge < -0.3 is 4.90 Å². The van der Waals surface area contributed by atoms with Gasteiger partial charge in [-0.05, 0) is 98.8 Å². The minimum absolute atomic E-state index is 1.14. The second-order valence-electron chi connectivity index (χ2n) is 10.9. The van der Waals surface area contributed by atoms with E-state index in [0.717, 1.165) is 17.1 Å². The van der Waals surface area contributed by atoms with Gasteiger partial charge in [-0.2, -0.15) is 0 Å². The molecule has 1 heterocycles. The fourth-order valence-electron chi connectivity index (χ4n) is 6.74. The number of anilines is 3. The summed E-state index contributed by atoms with van der Waals surface area (Å²) in [6.07, 6.45) is 0. The van der Waals surface area contributed by atoms with E-state index in [9.17, 15) is 0 Å². The Bertz CT molecular complexity index is 2260. The zero-order valence-electron chi connectivity index (χ0n) is 22.8. The lowest BCUT2D eigenvalue weighted by atomic mass is 9.90. The zero-order valence-corrected chi connectivity index (χ0v) is 23.6. The highest BCUT2D eigenvalue weighted by molar-refractivity contribution is 7.26. The Kier molecular flexibility index (Phi) is 5.13. The van der Waals surface area contributed by atoms with Crippen molar-refractivity contribution in [1.29, 1.82) is 0 Å². The van der Waals surface area contributed by atoms with Gasteiger partial charge in [-0.25, -0.2) is 0 Å². The summed E-state index contributed by atoms with van der Waals surface area (Å²) in [6, 6.07) is 55.3. The van der Waals surface area contributed by atoms with Gasteiger partial charge in [-0.15, -0.1) is 11.3 Å². The maximum Gasteiger partial charge on any atom is 0.0467 e. The number of hydrogen-bond acceptors (Lipinski definition) is 2. The van der Waals surface area contributed by atoms with E-state index in [0.29, 0.717) is 0 Å². The molecule has 0 fully saturated rings. The Morgan fingerprint density at radius 3 is 1.79 bits per heavy atom. The van der Waals surface area contributed by atoms with Gasteiger partial charge >= 0.3 is 0 Å². The van der Waals surface area contributed by atoms with Gasteiger partial charge in [0.15, 0.2) is 0 Å². The molecular formula is C40H25NS. The van der Waals surface area contributed by atoms with Crippen LogP contribution in [0.25, 0.3) is 64.3 Å². The molecule has 0 radical (unpaired) electrons. The van der Waals surface area contributed by atoms with E-state index in [-0.39, 0.29) is 0 Å². The molecule has 0 saturated carbocycles. The molecule has 0 spiro atoms. The van der Waals surface area contributed by atoms with Crippen LogP contribution in [0.4, 0.5) is 17.1 Å². The van der Waals surface area contributed by atoms with Crippen LogP contribution in [0, 0.1) is 0 Å². The molecule has 0 aliphatic heterocycles. The maximum atomic E-state index is 2.41. The SMILES string of the molecule is c1ccc(N(c2ccccc2)c2cccc(-c3ccc4c(c3)-c3cccc5ccc6sc7cccc-4c7c6c35)c2)cc1. The van der Waals surface area contributed by atoms with Gasteiger partial charge in [-0.3, -0.25) is 0 Å². The molecule has 1 aliphatic rings. The molecular weight excluding hydrogens is 527 g/mol. The van der Waals surface area contributed by atoms with Crippen molar-refractivity contribution in [3.8, 4) is 33.4 Å². The molecule has 0 saturated heterocycles. The Morgan fingerprint density at radius 2 is 1.00 bits per heavy atom. The van der Waals surface area contributed by atoms with Crippen LogP contribution in [-0.2, 0) is 0 Å². The van der Waals surface area contributed by atoms with Crippen LogP contribution in [0.1, 0.15) is 0 Å². The van der Waals surface area contributed by atoms with Gasteiger partial charge in [-0.1, -0.05) is 97.1 Å². The van der Waals surface area contributed by atoms with Crippen LogP contribution in [-0.4, -0.2) is 0 Å². The van der Waals surface area contributed by atoms with Gasteiger partial charge in [0.1, 0.15) is 0 Å². The first kappa shape index (κ1) is 23.5. The largest absolute Gasteiger partial charge is 0.310 e. The van der Waals surface area contributed by atoms with Crippen molar-refractivity contribution in [2.24, 2.45) is 0 Å². The predicted octanol–water partition coefficient (Wildman–Crippen LogP) is 12.0. The summed E-state index contributed by atoms with van der Waals surface area (Å²) in [7, 11) is 0. The summed E-state index contributed by atoms with van der Waals surface area (Å²) in [4.78, 5) is 2.33. The van der Waals surface area contributed by atoms with E-state index in [2.05, 4.69) is 157 Å². The number of benzene rings is 7. The quantitative estimate of drug-likeness (QED) is 0.210. The molecule has 0 bridgehead atoms. The molecule has 9 rings (SSSR count). The summed E-state index contributed by atoms with van der Waals surface area (Å²) in [5.74, 6) is 0. The molecule has 7 aromatic carbocycles. The highest BCUT2D eigenvalue weighted by atomic mass is 32.1. The van der Waals surface area contributed by atoms with E-state index in [1.54, 1.807) is 0 Å². The molecule has 0 amide bonds. The standard InChI is InChI=1S/C40H25NS/c1-3-12-29(13-4-1)41(30-14-5-2-6-15-30)31-16-7-11-27(24-31)28-20-22-32-33-18-9-19-36-39(33)40-37(42-36)23-21-26-10-8-17-34(38(26)40)35(32)25-28/h1-25H. The van der Waals surface area contributed by atoms with Crippen molar-refractivity contribution in [3.63, 3.8) is 0 Å². The number of fused-ring (bicyclic) bond motifs is 3. The summed E-state index contributed by atoms with van der Waals surface area (Å²) >= 11 is 1.90. The second-order valence-corrected chi connectivity index (χ2v) is 12.0. The third kappa shape index (κ3) is 3.49. The molecule has 1 nitrogen and oxygen atoms in total. The Morgan fingerprint density at radius 1 is 0.357 bits per heavy atom. The van der Waals surface area contributed by atoms with Crippen LogP contribution in [0.2, 0.25) is 0 Å². The number of thiophene rings is 1. The van der Waals surface area contributed by atoms with Gasteiger partial charge in [0.2, 0.25) is 0 Å². The van der Waals surface area contributed by atoms with E-state index in [4.69, 9.17) is 0 Å². The summed E-state index contributed by atoms with van der Waals surface area (Å²) in [5, 5.41) is 5.47. The molecule has 196 valence electrons. The van der Waals surface area contributed by atoms with Gasteiger partial charge in [0.05, 0.1) is 0 Å². The van der Waals surface area contributed by atoms with Crippen LogP contribution >= 0.6 is 11.3 Å². The predicted molar refractivity (Wildman–Crippen MR) is 181 cm³/mol. The summed E-state index contributed by atoms with van der Waals surface area (Å²) < 4.78 is 2.72. The highest BCUT2D eigenvalue weighted by Crippen LogP contribution is 2.51. The highest BCUT2D eigenvalue weighted by Gasteiger charge is 2.23. The monoisotopic (exact) mass is 551 g/mol. The number of rotatable bonds is 4. The Labute approximate surface area is 248 Å². The van der Waals surface area contributed by atoms with E-state index in [1.807, 2.05) is 11.3 Å². The molecule has 1 aliphatic carbocycles. The van der Waals surface area contributed by atoms with Crippen LogP contribution < -0.4 is 4.90 Å². The van der Waals surface area contributed by atoms with Crippen molar-refractivity contribution in [1.82, 2.24) is 0 Å². The minimum Gasteiger partial charge on any atom is -0.310 e. The van der Waals surface area contributed by atoms with Gasteiger partial charge in [0, 0.05) is 37.2 Å². The van der Waals surface area contributed by atoms with E-state index in [1.165, 1.54) is 64.3 Å². The minimum atomic E-state index is 1.14. The fraction of sp³-hybridized carbons (Fsp3) is 0. The van der Waals surface area contributed by atoms with Crippen LogP contribution in [0.3, 0.4) is 0 Å². The molecule has 2 heteroatoms. The maximum absolute atomic E-state index is 2.41. The average Bonchev–Trinajstić information content (AvgIpc) is 3.39. The zero-order chi connectivity index (χ0) is 27.6. The first-order valence-electron chi connectivity index (χ1n) is 14.4. The Balaban J connectivity index is 1.26. The normalized spacial score (nSPS) is 11.8. The van der Waals surface area contributed by atoms with Crippen LogP contribution in [0.15, 0.2) is 152 Å². The van der Waals surface area contributed by atoms with Crippen molar-refractivity contribution in [2.75, 3.05) is 4.90 Å². The van der Waals surface area contributed by atoms with E-state index < -0.39 is 0 Å². The number of nitrogens with zero attached hydrogens (tertiary/aromatic N) is 1.